The van der Waals surface area contributed by atoms with Crippen LogP contribution < -0.4 is 0 Å². The second kappa shape index (κ2) is 12.5. The first kappa shape index (κ1) is 33.0. The van der Waals surface area contributed by atoms with E-state index in [1.54, 1.807) is 0 Å². The van der Waals surface area contributed by atoms with Crippen molar-refractivity contribution in [1.29, 1.82) is 0 Å². The van der Waals surface area contributed by atoms with Gasteiger partial charge in [0.1, 0.15) is 0 Å². The van der Waals surface area contributed by atoms with Gasteiger partial charge in [-0.05, 0) is 56.6 Å². The molecule has 9 aromatic rings. The molecule has 3 nitrogen and oxygen atoms in total. The molecule has 4 aliphatic rings. The molecule has 13 rings (SSSR count). The van der Waals surface area contributed by atoms with Gasteiger partial charge in [0.15, 0.2) is 0 Å². The molecule has 2 aromatic heterocycles. The van der Waals surface area contributed by atoms with Crippen molar-refractivity contribution in [3.63, 3.8) is 0 Å². The number of hydrogen-bond donors (Lipinski definition) is 0. The van der Waals surface area contributed by atoms with Crippen LogP contribution in [0.4, 0.5) is 0 Å². The molecule has 1 aliphatic heterocycles. The number of para-hydroxylation sites is 1. The third kappa shape index (κ3) is 4.55. The molecule has 2 atom stereocenters. The Hall–Kier alpha value is -7.01. The van der Waals surface area contributed by atoms with Crippen LogP contribution in [0.15, 0.2) is 204 Å². The molecular weight excluding hydrogens is 735 g/mol. The van der Waals surface area contributed by atoms with Crippen LogP contribution in [0.25, 0.3) is 67.3 Å². The van der Waals surface area contributed by atoms with Crippen molar-refractivity contribution < 1.29 is 0 Å². The fourth-order valence-corrected chi connectivity index (χ4v) is 11.9. The van der Waals surface area contributed by atoms with Gasteiger partial charge in [-0.1, -0.05) is 200 Å². The summed E-state index contributed by atoms with van der Waals surface area (Å²) in [5.74, 6) is 1.07. The Balaban J connectivity index is 1.13. The summed E-state index contributed by atoms with van der Waals surface area (Å²) in [4.78, 5) is 13.7. The van der Waals surface area contributed by atoms with E-state index < -0.39 is 5.41 Å². The highest BCUT2D eigenvalue weighted by Gasteiger charge is 2.51. The van der Waals surface area contributed by atoms with Crippen LogP contribution in [0.2, 0.25) is 0 Å². The molecular formula is C55H35N3S. The predicted molar refractivity (Wildman–Crippen MR) is 242 cm³/mol. The van der Waals surface area contributed by atoms with E-state index in [9.17, 15) is 0 Å². The molecule has 0 radical (unpaired) electrons. The molecule has 3 heterocycles. The van der Waals surface area contributed by atoms with E-state index in [4.69, 9.17) is 9.97 Å². The lowest BCUT2D eigenvalue weighted by Gasteiger charge is -2.40. The molecule has 2 unspecified atom stereocenters. The topological polar surface area (TPSA) is 30.7 Å². The lowest BCUT2D eigenvalue weighted by Crippen LogP contribution is -2.32. The number of nitrogens with zero attached hydrogens (tertiary/aromatic N) is 3. The fourth-order valence-electron chi connectivity index (χ4n) is 10.6. The normalized spacial score (nSPS) is 17.4. The van der Waals surface area contributed by atoms with Crippen molar-refractivity contribution in [3.8, 4) is 39.5 Å². The smallest absolute Gasteiger partial charge is 0.235 e. The van der Waals surface area contributed by atoms with Gasteiger partial charge < -0.3 is 0 Å². The first-order valence-corrected chi connectivity index (χ1v) is 21.2. The van der Waals surface area contributed by atoms with Gasteiger partial charge in [-0.25, -0.2) is 9.97 Å². The lowest BCUT2D eigenvalue weighted by molar-refractivity contribution is 0.654. The highest BCUT2D eigenvalue weighted by Crippen LogP contribution is 2.63. The Bertz CT molecular complexity index is 3270. The van der Waals surface area contributed by atoms with Gasteiger partial charge in [0.05, 0.1) is 22.1 Å². The summed E-state index contributed by atoms with van der Waals surface area (Å²) in [5.41, 5.74) is 16.4. The van der Waals surface area contributed by atoms with Crippen molar-refractivity contribution in [3.05, 3.63) is 228 Å². The van der Waals surface area contributed by atoms with Crippen LogP contribution in [0.1, 0.15) is 39.4 Å². The predicted octanol–water partition coefficient (Wildman–Crippen LogP) is 13.6. The molecule has 7 aromatic carbocycles. The first-order chi connectivity index (χ1) is 29.3. The number of hydrogen-bond acceptors (Lipinski definition) is 3. The largest absolute Gasteiger partial charge is 0.280 e. The minimum atomic E-state index is -0.490. The van der Waals surface area contributed by atoms with Crippen LogP contribution in [0, 0.1) is 5.92 Å². The standard InChI is InChI=1S/C55H35N3S/c1-2-14-34(15-3-1)35-26-28-37(29-27-35)50-43-20-8-12-24-48(43)56-54(57-50)58-51-38-17-5-4-16-36(38)30-31-41(51)42-32-33-47-53(52(42)58)59-49-25-13-11-23-46(49)55(47)44-21-9-6-18-39(44)40-19-7-10-22-45(40)55/h1-33,36,38H. The van der Waals surface area contributed by atoms with Gasteiger partial charge in [-0.15, -0.1) is 0 Å². The maximum atomic E-state index is 5.64. The van der Waals surface area contributed by atoms with E-state index in [2.05, 4.69) is 205 Å². The zero-order valence-corrected chi connectivity index (χ0v) is 32.8. The van der Waals surface area contributed by atoms with E-state index >= 15 is 0 Å². The molecule has 3 aliphatic carbocycles. The van der Waals surface area contributed by atoms with Crippen molar-refractivity contribution in [2.45, 2.75) is 21.1 Å². The minimum Gasteiger partial charge on any atom is -0.280 e. The van der Waals surface area contributed by atoms with Gasteiger partial charge in [0, 0.05) is 49.2 Å². The van der Waals surface area contributed by atoms with Gasteiger partial charge in [-0.3, -0.25) is 4.57 Å². The van der Waals surface area contributed by atoms with Crippen molar-refractivity contribution >= 4 is 39.6 Å². The quantitative estimate of drug-likeness (QED) is 0.179. The maximum absolute atomic E-state index is 5.64. The molecule has 0 fully saturated rings. The zero-order valence-electron chi connectivity index (χ0n) is 32.0. The summed E-state index contributed by atoms with van der Waals surface area (Å²) >= 11 is 1.89. The van der Waals surface area contributed by atoms with Crippen molar-refractivity contribution in [2.24, 2.45) is 5.92 Å². The Morgan fingerprint density at radius 2 is 1.17 bits per heavy atom. The summed E-state index contributed by atoms with van der Waals surface area (Å²) < 4.78 is 2.45. The van der Waals surface area contributed by atoms with E-state index in [-0.39, 0.29) is 11.8 Å². The van der Waals surface area contributed by atoms with Crippen LogP contribution in [-0.4, -0.2) is 14.5 Å². The highest BCUT2D eigenvalue weighted by molar-refractivity contribution is 7.99. The van der Waals surface area contributed by atoms with Crippen molar-refractivity contribution in [2.75, 3.05) is 0 Å². The molecule has 0 N–H and O–H groups in total. The van der Waals surface area contributed by atoms with E-state index in [1.165, 1.54) is 76.5 Å². The Kier molecular flexibility index (Phi) is 6.99. The summed E-state index contributed by atoms with van der Waals surface area (Å²) in [7, 11) is 0. The minimum absolute atomic E-state index is 0.134. The average Bonchev–Trinajstić information content (AvgIpc) is 3.81. The van der Waals surface area contributed by atoms with E-state index in [0.29, 0.717) is 5.95 Å². The van der Waals surface area contributed by atoms with Gasteiger partial charge in [0.2, 0.25) is 5.95 Å². The number of benzene rings is 7. The zero-order chi connectivity index (χ0) is 38.7. The molecule has 276 valence electrons. The van der Waals surface area contributed by atoms with Gasteiger partial charge in [-0.2, -0.15) is 0 Å². The first-order valence-electron chi connectivity index (χ1n) is 20.4. The molecule has 0 saturated heterocycles. The summed E-state index contributed by atoms with van der Waals surface area (Å²) in [6.45, 7) is 0. The highest BCUT2D eigenvalue weighted by atomic mass is 32.2. The van der Waals surface area contributed by atoms with Gasteiger partial charge >= 0.3 is 0 Å². The number of allylic oxidation sites excluding steroid dienone is 5. The van der Waals surface area contributed by atoms with Crippen LogP contribution in [-0.2, 0) is 5.41 Å². The maximum Gasteiger partial charge on any atom is 0.235 e. The van der Waals surface area contributed by atoms with Crippen LogP contribution >= 0.6 is 11.8 Å². The fraction of sp³-hybridized carbons (Fsp3) is 0.0545. The second-order valence-corrected chi connectivity index (χ2v) is 17.0. The third-order valence-corrected chi connectivity index (χ3v) is 14.3. The molecule has 0 saturated carbocycles. The van der Waals surface area contributed by atoms with E-state index in [0.717, 1.165) is 22.2 Å². The number of fused-ring (bicyclic) bond motifs is 16. The van der Waals surface area contributed by atoms with Crippen LogP contribution in [0.5, 0.6) is 0 Å². The Labute approximate surface area is 346 Å². The summed E-state index contributed by atoms with van der Waals surface area (Å²) in [5, 5.41) is 2.26. The molecule has 59 heavy (non-hydrogen) atoms. The van der Waals surface area contributed by atoms with Crippen molar-refractivity contribution in [1.82, 2.24) is 14.5 Å². The summed E-state index contributed by atoms with van der Waals surface area (Å²) in [6, 6.07) is 59.9. The Morgan fingerprint density at radius 1 is 0.508 bits per heavy atom. The number of aromatic nitrogens is 3. The molecule has 4 heteroatoms. The Morgan fingerprint density at radius 3 is 1.98 bits per heavy atom. The lowest BCUT2D eigenvalue weighted by atomic mass is 9.67. The van der Waals surface area contributed by atoms with E-state index in [1.807, 2.05) is 11.8 Å². The molecule has 0 amide bonds. The van der Waals surface area contributed by atoms with Crippen LogP contribution in [0.3, 0.4) is 0 Å². The number of rotatable bonds is 3. The second-order valence-electron chi connectivity index (χ2n) is 16.0. The average molecular weight is 770 g/mol. The monoisotopic (exact) mass is 769 g/mol. The SMILES string of the molecule is C1=CC2C=Cc3c(n(-c4nc(-c5ccc(-c6ccccc6)cc5)c5ccccc5n4)c4c5c(ccc34)C3(c4ccccc4S5)c4ccccc4-c4ccccc43)C2C=C1. The van der Waals surface area contributed by atoms with Gasteiger partial charge in [0.25, 0.3) is 0 Å². The summed E-state index contributed by atoms with van der Waals surface area (Å²) in [6.07, 6.45) is 13.8. The molecule has 1 spiro atoms. The molecule has 0 bridgehead atoms. The third-order valence-electron chi connectivity index (χ3n) is 13.1.